The summed E-state index contributed by atoms with van der Waals surface area (Å²) in [4.78, 5) is 44.2. The number of halogens is 1. The van der Waals surface area contributed by atoms with Crippen molar-refractivity contribution in [1.29, 1.82) is 0 Å². The second-order valence-electron chi connectivity index (χ2n) is 23.7. The molecule has 0 saturated carbocycles. The first-order valence-corrected chi connectivity index (χ1v) is 29.7. The van der Waals surface area contributed by atoms with Gasteiger partial charge in [-0.1, -0.05) is 109 Å². The van der Waals surface area contributed by atoms with Crippen LogP contribution in [0.5, 0.6) is 28.7 Å². The smallest absolute Gasteiger partial charge is 0.226 e. The van der Waals surface area contributed by atoms with E-state index in [1.54, 1.807) is 12.1 Å². The molecule has 6 N–H and O–H groups in total. The second-order valence-corrected chi connectivity index (χ2v) is 23.7. The zero-order valence-electron chi connectivity index (χ0n) is 48.2. The number of para-hydroxylation sites is 1. The predicted octanol–water partition coefficient (Wildman–Crippen LogP) is 10.2. The van der Waals surface area contributed by atoms with Crippen LogP contribution < -0.4 is 36.1 Å². The highest BCUT2D eigenvalue weighted by atomic mass is 19.1. The summed E-state index contributed by atoms with van der Waals surface area (Å²) in [6.45, 7) is 10.3. The lowest BCUT2D eigenvalue weighted by Crippen LogP contribution is -2.46. The fraction of sp³-hybridized carbons (Fsp3) is 0.357. The average Bonchev–Trinajstić information content (AvgIpc) is 3.92. The number of hydrogen-bond donors (Lipinski definition) is 3. The van der Waals surface area contributed by atoms with E-state index in [0.29, 0.717) is 52.1 Å². The Bertz CT molecular complexity index is 3460. The molecule has 13 rings (SSSR count). The molecule has 0 aromatic heterocycles. The van der Waals surface area contributed by atoms with Crippen molar-refractivity contribution in [3.63, 3.8) is 0 Å². The summed E-state index contributed by atoms with van der Waals surface area (Å²) in [6.07, 6.45) is 6.70. The second kappa shape index (κ2) is 25.4. The van der Waals surface area contributed by atoms with Crippen LogP contribution in [0.2, 0.25) is 0 Å². The van der Waals surface area contributed by atoms with E-state index in [1.165, 1.54) is 34.4 Å². The number of ether oxygens (including phenoxy) is 4. The van der Waals surface area contributed by atoms with Gasteiger partial charge in [0.15, 0.2) is 0 Å². The quantitative estimate of drug-likeness (QED) is 0.113. The Labute approximate surface area is 492 Å². The monoisotopic (exact) mass is 1130 g/mol. The highest BCUT2D eigenvalue weighted by Gasteiger charge is 2.46. The number of aryl methyl sites for hydroxylation is 1. The normalized spacial score (nSPS) is 17.3. The molecule has 0 bridgehead atoms. The van der Waals surface area contributed by atoms with Crippen molar-refractivity contribution < 1.29 is 37.7 Å². The molecule has 6 aliphatic heterocycles. The number of likely N-dealkylation sites (tertiary alicyclic amines) is 3. The molecule has 7 aromatic rings. The Hall–Kier alpha value is -8.04. The van der Waals surface area contributed by atoms with Gasteiger partial charge in [-0.05, 0) is 133 Å². The van der Waals surface area contributed by atoms with E-state index in [1.807, 2.05) is 118 Å². The number of nitrogens with two attached hydrogens (primary N) is 3. The molecule has 0 unspecified atom stereocenters. The van der Waals surface area contributed by atoms with Gasteiger partial charge >= 0.3 is 0 Å². The van der Waals surface area contributed by atoms with Crippen molar-refractivity contribution in [2.75, 3.05) is 59.1 Å². The standard InChI is InChI=1S/C27H28N2O3.C22H26N2O2.C21H23FN2O2/c28-18-21-9-10-25-24(16-21)27(19-31-25)11-13-29(14-12-27)26(30)17-20-5-4-8-23(15-20)32-22-6-2-1-3-7-22;1-16-3-2-4-17(11-16)13-21(25)24-9-7-22(8-10-24)15-26-20-6-5-18(14-23)12-19(20)22;22-17-4-1-15(2-5-17)12-20(25)24-9-7-21(8-10-24)14-26-19-6-3-16(13-23)11-18(19)21/h1-10,15-16H,11-14,17-19,28H2;2-6,11-12H,7-10,13-15,23H2,1H3;1-6,11H,7-10,12-14,23H2. The molecule has 3 saturated heterocycles. The third-order valence-corrected chi connectivity index (χ3v) is 18.2. The first-order valence-electron chi connectivity index (χ1n) is 29.7. The number of carbonyl (C=O) groups is 3. The van der Waals surface area contributed by atoms with Gasteiger partial charge in [0.2, 0.25) is 17.7 Å². The van der Waals surface area contributed by atoms with Crippen LogP contribution in [0.1, 0.15) is 94.2 Å². The maximum absolute atomic E-state index is 13.0. The Morgan fingerprint density at radius 1 is 0.429 bits per heavy atom. The predicted molar refractivity (Wildman–Crippen MR) is 324 cm³/mol. The number of rotatable bonds is 11. The summed E-state index contributed by atoms with van der Waals surface area (Å²) in [7, 11) is 0. The van der Waals surface area contributed by atoms with Crippen LogP contribution in [0.15, 0.2) is 158 Å². The Kier molecular flexibility index (Phi) is 17.5. The first-order chi connectivity index (χ1) is 40.8. The molecule has 6 aliphatic rings. The van der Waals surface area contributed by atoms with Crippen molar-refractivity contribution in [3.05, 3.63) is 219 Å². The lowest BCUT2D eigenvalue weighted by Gasteiger charge is -2.38. The summed E-state index contributed by atoms with van der Waals surface area (Å²) in [5.41, 5.74) is 28.8. The Balaban J connectivity index is 0.000000133. The number of benzene rings is 7. The minimum atomic E-state index is -0.280. The van der Waals surface area contributed by atoms with Crippen LogP contribution in [-0.2, 0) is 69.5 Å². The maximum atomic E-state index is 13.0. The minimum absolute atomic E-state index is 0.000728. The van der Waals surface area contributed by atoms with Crippen molar-refractivity contribution in [2.24, 2.45) is 17.2 Å². The van der Waals surface area contributed by atoms with Gasteiger partial charge in [-0.2, -0.15) is 0 Å². The van der Waals surface area contributed by atoms with Crippen LogP contribution in [0, 0.1) is 12.7 Å². The van der Waals surface area contributed by atoms with Crippen LogP contribution in [0.4, 0.5) is 4.39 Å². The van der Waals surface area contributed by atoms with Gasteiger partial charge in [0, 0.05) is 91.8 Å². The van der Waals surface area contributed by atoms with Gasteiger partial charge < -0.3 is 50.8 Å². The highest BCUT2D eigenvalue weighted by molar-refractivity contribution is 5.80. The summed E-state index contributed by atoms with van der Waals surface area (Å²) >= 11 is 0. The lowest BCUT2D eigenvalue weighted by molar-refractivity contribution is -0.133. The average molecular weight is 1130 g/mol. The number of amides is 3. The molecule has 3 fully saturated rings. The van der Waals surface area contributed by atoms with Crippen molar-refractivity contribution in [1.82, 2.24) is 14.7 Å². The van der Waals surface area contributed by atoms with Gasteiger partial charge in [0.25, 0.3) is 0 Å². The fourth-order valence-corrected chi connectivity index (χ4v) is 13.0. The zero-order chi connectivity index (χ0) is 58.3. The van der Waals surface area contributed by atoms with E-state index >= 15 is 0 Å². The van der Waals surface area contributed by atoms with Gasteiger partial charge in [0.05, 0.1) is 39.1 Å². The van der Waals surface area contributed by atoms with Gasteiger partial charge in [-0.15, -0.1) is 0 Å². The molecule has 14 heteroatoms. The van der Waals surface area contributed by atoms with Crippen LogP contribution in [0.3, 0.4) is 0 Å². The Morgan fingerprint density at radius 2 is 0.798 bits per heavy atom. The topological polar surface area (TPSA) is 176 Å². The molecule has 3 amide bonds. The molecule has 84 heavy (non-hydrogen) atoms. The summed E-state index contributed by atoms with van der Waals surface area (Å²) < 4.78 is 36.8. The molecule has 3 spiro atoms. The third-order valence-electron chi connectivity index (χ3n) is 18.2. The lowest BCUT2D eigenvalue weighted by atomic mass is 9.74. The molecular formula is C70H77FN6O7. The van der Waals surface area contributed by atoms with E-state index < -0.39 is 0 Å². The Morgan fingerprint density at radius 3 is 1.20 bits per heavy atom. The number of nitrogens with zero attached hydrogens (tertiary/aromatic N) is 3. The minimum Gasteiger partial charge on any atom is -0.492 e. The molecule has 7 aromatic carbocycles. The van der Waals surface area contributed by atoms with Crippen LogP contribution in [0.25, 0.3) is 0 Å². The zero-order valence-corrected chi connectivity index (χ0v) is 48.2. The molecular weight excluding hydrogens is 1060 g/mol. The van der Waals surface area contributed by atoms with Gasteiger partial charge in [-0.3, -0.25) is 14.4 Å². The molecule has 0 radical (unpaired) electrons. The van der Waals surface area contributed by atoms with Crippen molar-refractivity contribution >= 4 is 17.7 Å². The van der Waals surface area contributed by atoms with Crippen LogP contribution >= 0.6 is 0 Å². The highest BCUT2D eigenvalue weighted by Crippen LogP contribution is 2.48. The van der Waals surface area contributed by atoms with Crippen LogP contribution in [-0.4, -0.2) is 91.5 Å². The molecule has 436 valence electrons. The largest absolute Gasteiger partial charge is 0.492 e. The van der Waals surface area contributed by atoms with E-state index in [2.05, 4.69) is 37.3 Å². The van der Waals surface area contributed by atoms with E-state index in [0.717, 1.165) is 147 Å². The van der Waals surface area contributed by atoms with E-state index in [-0.39, 0.29) is 39.8 Å². The van der Waals surface area contributed by atoms with Gasteiger partial charge in [0.1, 0.15) is 34.6 Å². The summed E-state index contributed by atoms with van der Waals surface area (Å²) in [6, 6.07) is 50.6. The van der Waals surface area contributed by atoms with Crippen molar-refractivity contribution in [2.45, 2.75) is 101 Å². The number of fused-ring (bicyclic) bond motifs is 6. The van der Waals surface area contributed by atoms with Crippen molar-refractivity contribution in [3.8, 4) is 28.7 Å². The maximum Gasteiger partial charge on any atom is 0.226 e. The molecule has 0 aliphatic carbocycles. The molecule has 6 heterocycles. The first kappa shape index (κ1) is 57.8. The SMILES string of the molecule is Cc1cccc(CC(=O)N2CCC3(CC2)COc2ccc(CN)cc23)c1.NCc1ccc2c(c1)C1(CCN(C(=O)Cc3ccc(F)cc3)CC1)CO2.NCc1ccc2c(c1)C1(CCN(C(=O)Cc3cccc(Oc4ccccc4)c3)CC1)CO2. The summed E-state index contributed by atoms with van der Waals surface area (Å²) in [5, 5.41) is 0. The number of hydrogen-bond acceptors (Lipinski definition) is 10. The summed E-state index contributed by atoms with van der Waals surface area (Å²) in [5.74, 6) is 4.64. The number of piperidine rings is 3. The van der Waals surface area contributed by atoms with Gasteiger partial charge in [-0.25, -0.2) is 4.39 Å². The van der Waals surface area contributed by atoms with E-state index in [4.69, 9.17) is 36.1 Å². The van der Waals surface area contributed by atoms with E-state index in [9.17, 15) is 18.8 Å². The molecule has 13 nitrogen and oxygen atoms in total. The molecule has 0 atom stereocenters. The third kappa shape index (κ3) is 12.9. The fourth-order valence-electron chi connectivity index (χ4n) is 13.0. The number of carbonyl (C=O) groups excluding carboxylic acids is 3.